The van der Waals surface area contributed by atoms with Crippen LogP contribution >= 0.6 is 0 Å². The second-order valence-corrected chi connectivity index (χ2v) is 11.4. The minimum atomic E-state index is -4.42. The van der Waals surface area contributed by atoms with Crippen LogP contribution in [0.2, 0.25) is 0 Å². The number of alkyl halides is 3. The Morgan fingerprint density at radius 1 is 1.07 bits per heavy atom. The van der Waals surface area contributed by atoms with Crippen molar-refractivity contribution in [2.24, 2.45) is 0 Å². The van der Waals surface area contributed by atoms with Crippen LogP contribution in [0.1, 0.15) is 68.2 Å². The van der Waals surface area contributed by atoms with Crippen molar-refractivity contribution < 1.29 is 41.8 Å². The van der Waals surface area contributed by atoms with Gasteiger partial charge in [-0.15, -0.1) is 0 Å². The zero-order valence-electron chi connectivity index (χ0n) is 23.8. The van der Waals surface area contributed by atoms with E-state index in [4.69, 9.17) is 14.2 Å². The van der Waals surface area contributed by atoms with Gasteiger partial charge in [-0.2, -0.15) is 13.2 Å². The van der Waals surface area contributed by atoms with Gasteiger partial charge in [-0.25, -0.2) is 9.59 Å². The fourth-order valence-corrected chi connectivity index (χ4v) is 4.83. The minimum absolute atomic E-state index is 0.0235. The van der Waals surface area contributed by atoms with Crippen LogP contribution in [0.5, 0.6) is 5.75 Å². The molecular weight excluding hydrogens is 541 g/mol. The van der Waals surface area contributed by atoms with E-state index in [2.05, 4.69) is 0 Å². The van der Waals surface area contributed by atoms with Gasteiger partial charge in [0.25, 0.3) is 0 Å². The van der Waals surface area contributed by atoms with Crippen LogP contribution in [0.25, 0.3) is 0 Å². The van der Waals surface area contributed by atoms with Gasteiger partial charge in [-0.1, -0.05) is 12.1 Å². The summed E-state index contributed by atoms with van der Waals surface area (Å²) < 4.78 is 56.8. The summed E-state index contributed by atoms with van der Waals surface area (Å²) in [6, 6.07) is 8.32. The molecular formula is C30H35F3N2O6. The van der Waals surface area contributed by atoms with E-state index < -0.39 is 35.4 Å². The van der Waals surface area contributed by atoms with Crippen LogP contribution in [0.4, 0.5) is 23.7 Å². The summed E-state index contributed by atoms with van der Waals surface area (Å²) in [6.07, 6.45) is -3.41. The number of benzene rings is 2. The summed E-state index contributed by atoms with van der Waals surface area (Å²) in [5, 5.41) is 0. The zero-order chi connectivity index (χ0) is 30.1. The number of fused-ring (bicyclic) bond motifs is 1. The lowest BCUT2D eigenvalue weighted by atomic mass is 10.00. The molecule has 1 aliphatic heterocycles. The van der Waals surface area contributed by atoms with Crippen molar-refractivity contribution >= 4 is 23.7 Å². The fourth-order valence-electron chi connectivity index (χ4n) is 4.83. The third-order valence-electron chi connectivity index (χ3n) is 7.08. The topological polar surface area (TPSA) is 85.4 Å². The summed E-state index contributed by atoms with van der Waals surface area (Å²) in [6.45, 7) is 5.41. The first-order chi connectivity index (χ1) is 19.2. The lowest BCUT2D eigenvalue weighted by Gasteiger charge is -2.30. The number of anilines is 1. The standard InChI is InChI=1S/C30H35F3N2O6/c1-29(2,3)41-28(38)34(4)25(27(37)39-5)16-26(36)35-13-12-20-15-21(9-11-24(20)35)40-17-18-6-10-22(19-7-8-19)23(14-18)30(31,32)33/h6,9-11,14-15,19,25H,7-8,12-13,16-17H2,1-5H3. The van der Waals surface area contributed by atoms with Crippen molar-refractivity contribution in [3.8, 4) is 5.75 Å². The Morgan fingerprint density at radius 2 is 1.78 bits per heavy atom. The molecule has 1 fully saturated rings. The van der Waals surface area contributed by atoms with Crippen LogP contribution in [0, 0.1) is 0 Å². The number of hydrogen-bond donors (Lipinski definition) is 0. The SMILES string of the molecule is COC(=O)C(CC(=O)N1CCc2cc(OCc3ccc(C4CC4)c(C(F)(F)F)c3)ccc21)N(C)C(=O)OC(C)(C)C. The molecule has 11 heteroatoms. The normalized spacial score (nSPS) is 15.7. The predicted molar refractivity (Wildman–Crippen MR) is 145 cm³/mol. The Bertz CT molecular complexity index is 1320. The number of carbonyl (C=O) groups excluding carboxylic acids is 3. The Labute approximate surface area is 237 Å². The second-order valence-electron chi connectivity index (χ2n) is 11.4. The number of amides is 2. The summed E-state index contributed by atoms with van der Waals surface area (Å²) in [5.41, 5.74) is 0.832. The highest BCUT2D eigenvalue weighted by molar-refractivity contribution is 5.98. The molecule has 0 saturated heterocycles. The number of halogens is 3. The van der Waals surface area contributed by atoms with E-state index in [9.17, 15) is 27.6 Å². The summed E-state index contributed by atoms with van der Waals surface area (Å²) >= 11 is 0. The molecule has 0 bridgehead atoms. The van der Waals surface area contributed by atoms with Gasteiger partial charge in [0.05, 0.1) is 19.1 Å². The van der Waals surface area contributed by atoms with Gasteiger partial charge >= 0.3 is 18.2 Å². The third kappa shape index (κ3) is 7.31. The van der Waals surface area contributed by atoms with Crippen LogP contribution in [-0.4, -0.2) is 55.2 Å². The number of likely N-dealkylation sites (N-methyl/N-ethyl adjacent to an activating group) is 1. The van der Waals surface area contributed by atoms with Crippen molar-refractivity contribution in [1.82, 2.24) is 4.90 Å². The third-order valence-corrected chi connectivity index (χ3v) is 7.08. The Kier molecular flexibility index (Phi) is 8.56. The number of esters is 1. The molecule has 2 aromatic carbocycles. The van der Waals surface area contributed by atoms with Gasteiger partial charge in [0, 0.05) is 19.3 Å². The number of methoxy groups -OCH3 is 1. The molecule has 1 aliphatic carbocycles. The lowest BCUT2D eigenvalue weighted by Crippen LogP contribution is -2.48. The van der Waals surface area contributed by atoms with E-state index in [-0.39, 0.29) is 24.9 Å². The Morgan fingerprint density at radius 3 is 2.39 bits per heavy atom. The lowest BCUT2D eigenvalue weighted by molar-refractivity contribution is -0.148. The van der Waals surface area contributed by atoms with Crippen LogP contribution in [0.15, 0.2) is 36.4 Å². The van der Waals surface area contributed by atoms with Crippen molar-refractivity contribution in [1.29, 1.82) is 0 Å². The summed E-state index contributed by atoms with van der Waals surface area (Å²) in [5.74, 6) is -0.674. The largest absolute Gasteiger partial charge is 0.489 e. The highest BCUT2D eigenvalue weighted by Crippen LogP contribution is 2.46. The monoisotopic (exact) mass is 576 g/mol. The number of ether oxygens (including phenoxy) is 3. The van der Waals surface area contributed by atoms with Crippen LogP contribution < -0.4 is 9.64 Å². The molecule has 1 unspecified atom stereocenters. The molecule has 2 amide bonds. The molecule has 222 valence electrons. The molecule has 8 nitrogen and oxygen atoms in total. The van der Waals surface area contributed by atoms with Gasteiger partial charge < -0.3 is 19.1 Å². The highest BCUT2D eigenvalue weighted by Gasteiger charge is 2.38. The van der Waals surface area contributed by atoms with E-state index >= 15 is 0 Å². The first kappa shape index (κ1) is 30.2. The predicted octanol–water partition coefficient (Wildman–Crippen LogP) is 5.85. The maximum absolute atomic E-state index is 13.6. The first-order valence-electron chi connectivity index (χ1n) is 13.5. The van der Waals surface area contributed by atoms with Crippen LogP contribution in [-0.2, 0) is 38.3 Å². The minimum Gasteiger partial charge on any atom is -0.489 e. The second kappa shape index (κ2) is 11.6. The van der Waals surface area contributed by atoms with Crippen molar-refractivity contribution in [2.75, 3.05) is 25.6 Å². The van der Waals surface area contributed by atoms with Crippen molar-refractivity contribution in [3.63, 3.8) is 0 Å². The molecule has 0 spiro atoms. The smallest absolute Gasteiger partial charge is 0.416 e. The van der Waals surface area contributed by atoms with E-state index in [0.717, 1.165) is 29.4 Å². The number of carbonyl (C=O) groups is 3. The number of nitrogens with zero attached hydrogens (tertiary/aromatic N) is 2. The Hall–Kier alpha value is -3.76. The molecule has 2 aliphatic rings. The maximum Gasteiger partial charge on any atom is 0.416 e. The van der Waals surface area contributed by atoms with E-state index in [1.54, 1.807) is 51.1 Å². The zero-order valence-corrected chi connectivity index (χ0v) is 23.8. The number of hydrogen-bond acceptors (Lipinski definition) is 6. The molecule has 2 aromatic rings. The van der Waals surface area contributed by atoms with E-state index in [1.807, 2.05) is 0 Å². The van der Waals surface area contributed by atoms with E-state index in [1.165, 1.54) is 19.1 Å². The molecule has 1 heterocycles. The fraction of sp³-hybridized carbons (Fsp3) is 0.500. The number of rotatable bonds is 8. The van der Waals surface area contributed by atoms with Crippen molar-refractivity contribution in [3.05, 3.63) is 58.7 Å². The molecule has 0 aromatic heterocycles. The van der Waals surface area contributed by atoms with Gasteiger partial charge in [-0.3, -0.25) is 9.69 Å². The average Bonchev–Trinajstić information content (AvgIpc) is 3.66. The molecule has 0 N–H and O–H groups in total. The van der Waals surface area contributed by atoms with E-state index in [0.29, 0.717) is 35.5 Å². The molecule has 41 heavy (non-hydrogen) atoms. The summed E-state index contributed by atoms with van der Waals surface area (Å²) in [4.78, 5) is 40.9. The Balaban J connectivity index is 1.43. The highest BCUT2D eigenvalue weighted by atomic mass is 19.4. The maximum atomic E-state index is 13.6. The van der Waals surface area contributed by atoms with Crippen LogP contribution in [0.3, 0.4) is 0 Å². The van der Waals surface area contributed by atoms with Gasteiger partial charge in [0.15, 0.2) is 0 Å². The quantitative estimate of drug-likeness (QED) is 0.367. The molecule has 0 radical (unpaired) electrons. The van der Waals surface area contributed by atoms with Gasteiger partial charge in [-0.05, 0) is 86.9 Å². The van der Waals surface area contributed by atoms with Gasteiger partial charge in [0.2, 0.25) is 5.91 Å². The molecule has 1 saturated carbocycles. The summed E-state index contributed by atoms with van der Waals surface area (Å²) in [7, 11) is 2.56. The first-order valence-corrected chi connectivity index (χ1v) is 13.5. The molecule has 4 rings (SSSR count). The molecule has 1 atom stereocenters. The van der Waals surface area contributed by atoms with Gasteiger partial charge in [0.1, 0.15) is 24.0 Å². The van der Waals surface area contributed by atoms with Crippen molar-refractivity contribution in [2.45, 2.75) is 76.8 Å². The average molecular weight is 577 g/mol.